The Balaban J connectivity index is 2.38. The number of carbonyl (C=O) groups is 1. The molecule has 1 unspecified atom stereocenters. The van der Waals surface area contributed by atoms with E-state index in [1.807, 2.05) is 0 Å². The van der Waals surface area contributed by atoms with Gasteiger partial charge in [0.15, 0.2) is 0 Å². The molecule has 90 valence electrons. The van der Waals surface area contributed by atoms with E-state index in [0.717, 1.165) is 12.7 Å². The second-order valence-corrected chi connectivity index (χ2v) is 6.71. The van der Waals surface area contributed by atoms with Crippen molar-refractivity contribution in [3.8, 4) is 0 Å². The first-order valence-corrected chi connectivity index (χ1v) is 6.55. The minimum atomic E-state index is 0.103. The van der Waals surface area contributed by atoms with Crippen molar-refractivity contribution >= 4 is 6.29 Å². The highest BCUT2D eigenvalue weighted by atomic mass is 16.1. The Morgan fingerprint density at radius 1 is 1.31 bits per heavy atom. The quantitative estimate of drug-likeness (QED) is 0.482. The molecule has 2 fully saturated rings. The molecule has 0 aromatic carbocycles. The molecule has 0 radical (unpaired) electrons. The summed E-state index contributed by atoms with van der Waals surface area (Å²) in [6.45, 7) is 11.2. The smallest absolute Gasteiger partial charge is 0.127 e. The van der Waals surface area contributed by atoms with E-state index in [-0.39, 0.29) is 11.3 Å². The van der Waals surface area contributed by atoms with Crippen LogP contribution in [0.5, 0.6) is 0 Å². The number of rotatable bonds is 1. The minimum Gasteiger partial charge on any atom is -0.303 e. The summed E-state index contributed by atoms with van der Waals surface area (Å²) in [4.78, 5) is 11.4. The highest BCUT2D eigenvalue weighted by Gasteiger charge is 2.52. The van der Waals surface area contributed by atoms with E-state index >= 15 is 0 Å². The average Bonchev–Trinajstić information content (AvgIpc) is 2.15. The van der Waals surface area contributed by atoms with Gasteiger partial charge in [-0.25, -0.2) is 0 Å². The molecule has 2 aliphatic rings. The van der Waals surface area contributed by atoms with E-state index in [1.165, 1.54) is 31.3 Å². The van der Waals surface area contributed by atoms with Gasteiger partial charge >= 0.3 is 0 Å². The van der Waals surface area contributed by atoms with Crippen LogP contribution in [-0.2, 0) is 4.79 Å². The first-order valence-electron chi connectivity index (χ1n) is 6.55. The average molecular weight is 220 g/mol. The van der Waals surface area contributed by atoms with Crippen LogP contribution in [0.2, 0.25) is 0 Å². The summed E-state index contributed by atoms with van der Waals surface area (Å²) >= 11 is 0. The summed E-state index contributed by atoms with van der Waals surface area (Å²) in [7, 11) is 0. The van der Waals surface area contributed by atoms with E-state index in [1.54, 1.807) is 0 Å². The molecule has 2 rings (SSSR count). The number of carbonyl (C=O) groups excluding carboxylic acids is 1. The number of hydrogen-bond donors (Lipinski definition) is 0. The Morgan fingerprint density at radius 3 is 2.62 bits per heavy atom. The Kier molecular flexibility index (Phi) is 2.76. The lowest BCUT2D eigenvalue weighted by Gasteiger charge is -2.56. The van der Waals surface area contributed by atoms with E-state index in [9.17, 15) is 4.79 Å². The zero-order chi connectivity index (χ0) is 12.0. The van der Waals surface area contributed by atoms with E-state index in [2.05, 4.69) is 27.4 Å². The minimum absolute atomic E-state index is 0.103. The normalized spacial score (nSPS) is 42.6. The van der Waals surface area contributed by atoms with Crippen molar-refractivity contribution in [2.24, 2.45) is 22.7 Å². The van der Waals surface area contributed by atoms with Crippen molar-refractivity contribution < 1.29 is 4.79 Å². The zero-order valence-corrected chi connectivity index (χ0v) is 10.9. The third-order valence-corrected chi connectivity index (χ3v) is 5.32. The largest absolute Gasteiger partial charge is 0.303 e. The van der Waals surface area contributed by atoms with Gasteiger partial charge in [0.25, 0.3) is 0 Å². The fraction of sp³-hybridized carbons (Fsp3) is 0.800. The van der Waals surface area contributed by atoms with E-state index < -0.39 is 0 Å². The lowest BCUT2D eigenvalue weighted by atomic mass is 9.48. The predicted octanol–water partition coefficient (Wildman–Crippen LogP) is 3.98. The van der Waals surface area contributed by atoms with Crippen molar-refractivity contribution in [2.75, 3.05) is 0 Å². The van der Waals surface area contributed by atoms with Crippen LogP contribution < -0.4 is 0 Å². The summed E-state index contributed by atoms with van der Waals surface area (Å²) in [5.74, 6) is 0.792. The van der Waals surface area contributed by atoms with E-state index in [4.69, 9.17) is 0 Å². The highest BCUT2D eigenvalue weighted by molar-refractivity contribution is 5.61. The van der Waals surface area contributed by atoms with Gasteiger partial charge < -0.3 is 4.79 Å². The van der Waals surface area contributed by atoms with Gasteiger partial charge in [0, 0.05) is 5.92 Å². The molecule has 0 saturated heterocycles. The third kappa shape index (κ3) is 1.56. The third-order valence-electron chi connectivity index (χ3n) is 5.32. The fourth-order valence-corrected chi connectivity index (χ4v) is 4.46. The van der Waals surface area contributed by atoms with Crippen molar-refractivity contribution in [1.82, 2.24) is 0 Å². The molecule has 0 aromatic rings. The Hall–Kier alpha value is -0.590. The summed E-state index contributed by atoms with van der Waals surface area (Å²) in [6.07, 6.45) is 7.21. The van der Waals surface area contributed by atoms with Crippen LogP contribution in [0.25, 0.3) is 0 Å². The SMILES string of the molecule is C=C1CC[C@H]2C(C)(C)CCC[C@]2(C)C1C=O. The molecule has 1 nitrogen and oxygen atoms in total. The van der Waals surface area contributed by atoms with Crippen molar-refractivity contribution in [2.45, 2.75) is 52.9 Å². The van der Waals surface area contributed by atoms with Crippen LogP contribution in [0.4, 0.5) is 0 Å². The van der Waals surface area contributed by atoms with E-state index in [0.29, 0.717) is 11.3 Å². The number of hydrogen-bond acceptors (Lipinski definition) is 1. The standard InChI is InChI=1S/C15H24O/c1-11-6-7-13-14(2,3)8-5-9-15(13,4)12(11)10-16/h10,12-13H,1,5-9H2,2-4H3/t12?,13-,15+/m0/s1. The van der Waals surface area contributed by atoms with Gasteiger partial charge in [-0.3, -0.25) is 0 Å². The lowest BCUT2D eigenvalue weighted by molar-refractivity contribution is -0.121. The van der Waals surface area contributed by atoms with Gasteiger partial charge in [-0.05, 0) is 42.4 Å². The van der Waals surface area contributed by atoms with Gasteiger partial charge in [0.1, 0.15) is 6.29 Å². The van der Waals surface area contributed by atoms with Crippen LogP contribution in [0.3, 0.4) is 0 Å². The second kappa shape index (κ2) is 3.72. The lowest BCUT2D eigenvalue weighted by Crippen LogP contribution is -2.49. The Bertz CT molecular complexity index is 315. The molecule has 0 heterocycles. The molecule has 2 aliphatic carbocycles. The fourth-order valence-electron chi connectivity index (χ4n) is 4.46. The van der Waals surface area contributed by atoms with Gasteiger partial charge in [-0.15, -0.1) is 0 Å². The Morgan fingerprint density at radius 2 is 2.00 bits per heavy atom. The predicted molar refractivity (Wildman–Crippen MR) is 67.2 cm³/mol. The number of allylic oxidation sites excluding steroid dienone is 1. The molecular formula is C15H24O. The molecule has 0 aromatic heterocycles. The molecule has 1 heteroatoms. The topological polar surface area (TPSA) is 17.1 Å². The van der Waals surface area contributed by atoms with Crippen molar-refractivity contribution in [3.05, 3.63) is 12.2 Å². The first kappa shape index (κ1) is 11.9. The molecule has 0 N–H and O–H groups in total. The highest BCUT2D eigenvalue weighted by Crippen LogP contribution is 2.60. The molecule has 2 saturated carbocycles. The summed E-state index contributed by atoms with van der Waals surface area (Å²) < 4.78 is 0. The molecule has 0 amide bonds. The zero-order valence-electron chi connectivity index (χ0n) is 10.9. The van der Waals surface area contributed by atoms with Crippen LogP contribution in [-0.4, -0.2) is 6.29 Å². The molecule has 3 atom stereocenters. The molecular weight excluding hydrogens is 196 g/mol. The van der Waals surface area contributed by atoms with Crippen molar-refractivity contribution in [1.29, 1.82) is 0 Å². The summed E-state index contributed by atoms with van der Waals surface area (Å²) in [5, 5.41) is 0. The van der Waals surface area contributed by atoms with Crippen LogP contribution in [0.15, 0.2) is 12.2 Å². The second-order valence-electron chi connectivity index (χ2n) is 6.71. The summed E-state index contributed by atoms with van der Waals surface area (Å²) in [5.41, 5.74) is 1.75. The van der Waals surface area contributed by atoms with Crippen molar-refractivity contribution in [3.63, 3.8) is 0 Å². The maximum Gasteiger partial charge on any atom is 0.127 e. The monoisotopic (exact) mass is 220 g/mol. The molecule has 0 aliphatic heterocycles. The maximum absolute atomic E-state index is 11.4. The van der Waals surface area contributed by atoms with Gasteiger partial charge in [-0.1, -0.05) is 39.3 Å². The van der Waals surface area contributed by atoms with Gasteiger partial charge in [-0.2, -0.15) is 0 Å². The first-order chi connectivity index (χ1) is 7.42. The molecule has 0 bridgehead atoms. The molecule has 0 spiro atoms. The van der Waals surface area contributed by atoms with Gasteiger partial charge in [0.2, 0.25) is 0 Å². The van der Waals surface area contributed by atoms with Crippen LogP contribution in [0.1, 0.15) is 52.9 Å². The number of aldehydes is 1. The number of fused-ring (bicyclic) bond motifs is 1. The van der Waals surface area contributed by atoms with Crippen LogP contribution >= 0.6 is 0 Å². The summed E-state index contributed by atoms with van der Waals surface area (Å²) in [6, 6.07) is 0. The van der Waals surface area contributed by atoms with Gasteiger partial charge in [0.05, 0.1) is 0 Å². The van der Waals surface area contributed by atoms with Crippen LogP contribution in [0, 0.1) is 22.7 Å². The maximum atomic E-state index is 11.4. The Labute approximate surface area is 99.3 Å². The molecule has 16 heavy (non-hydrogen) atoms.